The maximum absolute atomic E-state index is 12.4. The molecule has 0 aliphatic rings. The van der Waals surface area contributed by atoms with Crippen LogP contribution in [-0.4, -0.2) is 49.7 Å². The molecule has 3 N–H and O–H groups in total. The maximum atomic E-state index is 12.4. The Labute approximate surface area is 117 Å². The largest absolute Gasteiger partial charge is 0.496 e. The molecule has 7 nitrogen and oxygen atoms in total. The van der Waals surface area contributed by atoms with Crippen LogP contribution in [0, 0.1) is 0 Å². The number of rotatable bonds is 6. The van der Waals surface area contributed by atoms with Crippen LogP contribution in [-0.2, 0) is 0 Å². The summed E-state index contributed by atoms with van der Waals surface area (Å²) in [4.78, 5) is 13.9. The SMILES string of the molecule is COc1cccc(OC)c1C(=O)N(C)CC/C(N)=N/O. The van der Waals surface area contributed by atoms with Crippen molar-refractivity contribution in [1.82, 2.24) is 4.90 Å². The summed E-state index contributed by atoms with van der Waals surface area (Å²) in [5.74, 6) is 0.677. The van der Waals surface area contributed by atoms with Crippen molar-refractivity contribution in [2.75, 3.05) is 27.8 Å². The number of ether oxygens (including phenoxy) is 2. The number of amides is 1. The molecular weight excluding hydrogens is 262 g/mol. The number of oxime groups is 1. The number of carbonyl (C=O) groups excluding carboxylic acids is 1. The van der Waals surface area contributed by atoms with Crippen LogP contribution in [0.3, 0.4) is 0 Å². The fourth-order valence-electron chi connectivity index (χ4n) is 1.69. The molecule has 0 spiro atoms. The maximum Gasteiger partial charge on any atom is 0.261 e. The molecule has 1 amide bonds. The molecule has 0 aliphatic carbocycles. The predicted molar refractivity (Wildman–Crippen MR) is 74.5 cm³/mol. The van der Waals surface area contributed by atoms with Gasteiger partial charge >= 0.3 is 0 Å². The second-order valence-electron chi connectivity index (χ2n) is 4.11. The number of nitrogens with zero attached hydrogens (tertiary/aromatic N) is 2. The van der Waals surface area contributed by atoms with Crippen LogP contribution in [0.2, 0.25) is 0 Å². The molecule has 0 saturated heterocycles. The van der Waals surface area contributed by atoms with Crippen LogP contribution >= 0.6 is 0 Å². The van der Waals surface area contributed by atoms with Crippen molar-refractivity contribution in [3.63, 3.8) is 0 Å². The third-order valence-electron chi connectivity index (χ3n) is 2.82. The minimum absolute atomic E-state index is 0.0663. The van der Waals surface area contributed by atoms with E-state index in [1.54, 1.807) is 25.2 Å². The monoisotopic (exact) mass is 281 g/mol. The third kappa shape index (κ3) is 3.53. The predicted octanol–water partition coefficient (Wildman–Crippen LogP) is 0.912. The third-order valence-corrected chi connectivity index (χ3v) is 2.82. The first-order valence-corrected chi connectivity index (χ1v) is 5.98. The highest BCUT2D eigenvalue weighted by Crippen LogP contribution is 2.29. The Morgan fingerprint density at radius 2 is 1.90 bits per heavy atom. The molecule has 7 heteroatoms. The smallest absolute Gasteiger partial charge is 0.261 e. The van der Waals surface area contributed by atoms with Crippen LogP contribution in [0.4, 0.5) is 0 Å². The molecule has 1 aromatic carbocycles. The van der Waals surface area contributed by atoms with Crippen LogP contribution in [0.1, 0.15) is 16.8 Å². The van der Waals surface area contributed by atoms with Gasteiger partial charge in [0.25, 0.3) is 5.91 Å². The average molecular weight is 281 g/mol. The van der Waals surface area contributed by atoms with Crippen LogP contribution in [0.5, 0.6) is 11.5 Å². The number of amidine groups is 1. The number of methoxy groups -OCH3 is 2. The summed E-state index contributed by atoms with van der Waals surface area (Å²) >= 11 is 0. The number of benzene rings is 1. The molecule has 1 rings (SSSR count). The highest BCUT2D eigenvalue weighted by molar-refractivity contribution is 5.99. The number of hydrogen-bond acceptors (Lipinski definition) is 5. The van der Waals surface area contributed by atoms with E-state index in [1.807, 2.05) is 0 Å². The van der Waals surface area contributed by atoms with Crippen molar-refractivity contribution in [1.29, 1.82) is 0 Å². The molecule has 0 aliphatic heterocycles. The van der Waals surface area contributed by atoms with Crippen molar-refractivity contribution in [3.05, 3.63) is 23.8 Å². The lowest BCUT2D eigenvalue weighted by molar-refractivity contribution is 0.0791. The zero-order valence-corrected chi connectivity index (χ0v) is 11.8. The minimum atomic E-state index is -0.259. The normalized spacial score (nSPS) is 11.1. The zero-order valence-electron chi connectivity index (χ0n) is 11.8. The minimum Gasteiger partial charge on any atom is -0.496 e. The fourth-order valence-corrected chi connectivity index (χ4v) is 1.69. The molecule has 110 valence electrons. The summed E-state index contributed by atoms with van der Waals surface area (Å²) in [6.45, 7) is 0.315. The van der Waals surface area contributed by atoms with Gasteiger partial charge in [0.1, 0.15) is 22.9 Å². The summed E-state index contributed by atoms with van der Waals surface area (Å²) in [6, 6.07) is 5.12. The van der Waals surface area contributed by atoms with E-state index in [9.17, 15) is 4.79 Å². The van der Waals surface area contributed by atoms with E-state index in [0.29, 0.717) is 23.6 Å². The molecule has 0 bridgehead atoms. The Bertz CT molecular complexity index is 480. The van der Waals surface area contributed by atoms with Gasteiger partial charge < -0.3 is 25.3 Å². The molecule has 0 atom stereocenters. The molecule has 1 aromatic rings. The Kier molecular flexibility index (Phi) is 5.64. The Balaban J connectivity index is 2.96. The van der Waals surface area contributed by atoms with E-state index in [0.717, 1.165) is 0 Å². The first-order valence-electron chi connectivity index (χ1n) is 5.98. The molecule has 0 radical (unpaired) electrons. The average Bonchev–Trinajstić information content (AvgIpc) is 2.50. The van der Waals surface area contributed by atoms with Crippen molar-refractivity contribution in [2.45, 2.75) is 6.42 Å². The van der Waals surface area contributed by atoms with Gasteiger partial charge in [-0.1, -0.05) is 11.2 Å². The van der Waals surface area contributed by atoms with E-state index in [-0.39, 0.29) is 18.2 Å². The standard InChI is InChI=1S/C13H19N3O4/c1-16(8-7-11(14)15-18)13(17)12-9(19-2)5-4-6-10(12)20-3/h4-6,18H,7-8H2,1-3H3,(H2,14,15). The van der Waals surface area contributed by atoms with Gasteiger partial charge in [-0.2, -0.15) is 0 Å². The second kappa shape index (κ2) is 7.22. The summed E-state index contributed by atoms with van der Waals surface area (Å²) in [5.41, 5.74) is 5.73. The number of carbonyl (C=O) groups is 1. The second-order valence-corrected chi connectivity index (χ2v) is 4.11. The highest BCUT2D eigenvalue weighted by Gasteiger charge is 2.21. The van der Waals surface area contributed by atoms with Gasteiger partial charge in [0.05, 0.1) is 14.2 Å². The van der Waals surface area contributed by atoms with Crippen molar-refractivity contribution in [2.24, 2.45) is 10.9 Å². The quantitative estimate of drug-likeness (QED) is 0.349. The first-order chi connectivity index (χ1) is 9.54. The van der Waals surface area contributed by atoms with Crippen molar-refractivity contribution in [3.8, 4) is 11.5 Å². The topological polar surface area (TPSA) is 97.4 Å². The molecule has 0 aromatic heterocycles. The molecule has 0 fully saturated rings. The van der Waals surface area contributed by atoms with Gasteiger partial charge in [-0.3, -0.25) is 4.79 Å². The van der Waals surface area contributed by atoms with Crippen LogP contribution in [0.15, 0.2) is 23.4 Å². The lowest BCUT2D eigenvalue weighted by Crippen LogP contribution is -2.31. The summed E-state index contributed by atoms with van der Waals surface area (Å²) in [6.07, 6.45) is 0.274. The van der Waals surface area contributed by atoms with Crippen molar-refractivity contribution >= 4 is 11.7 Å². The zero-order chi connectivity index (χ0) is 15.1. The van der Waals surface area contributed by atoms with Gasteiger partial charge in [-0.05, 0) is 12.1 Å². The summed E-state index contributed by atoms with van der Waals surface area (Å²) in [7, 11) is 4.60. The van der Waals surface area contributed by atoms with Gasteiger partial charge in [0.2, 0.25) is 0 Å². The summed E-state index contributed by atoms with van der Waals surface area (Å²) in [5, 5.41) is 11.4. The Morgan fingerprint density at radius 3 is 2.35 bits per heavy atom. The first kappa shape index (κ1) is 15.6. The van der Waals surface area contributed by atoms with E-state index in [1.165, 1.54) is 19.1 Å². The molecule has 0 heterocycles. The van der Waals surface area contributed by atoms with Gasteiger partial charge in [-0.25, -0.2) is 0 Å². The van der Waals surface area contributed by atoms with Crippen molar-refractivity contribution < 1.29 is 19.5 Å². The Morgan fingerprint density at radius 1 is 1.35 bits per heavy atom. The van der Waals surface area contributed by atoms with E-state index in [2.05, 4.69) is 5.16 Å². The van der Waals surface area contributed by atoms with Crippen LogP contribution in [0.25, 0.3) is 0 Å². The molecule has 0 saturated carbocycles. The lowest BCUT2D eigenvalue weighted by Gasteiger charge is -2.20. The molecular formula is C13H19N3O4. The van der Waals surface area contributed by atoms with Crippen LogP contribution < -0.4 is 15.2 Å². The van der Waals surface area contributed by atoms with E-state index >= 15 is 0 Å². The lowest BCUT2D eigenvalue weighted by atomic mass is 10.1. The highest BCUT2D eigenvalue weighted by atomic mass is 16.5. The van der Waals surface area contributed by atoms with Gasteiger partial charge in [0.15, 0.2) is 0 Å². The number of nitrogens with two attached hydrogens (primary N) is 1. The van der Waals surface area contributed by atoms with E-state index < -0.39 is 0 Å². The summed E-state index contributed by atoms with van der Waals surface area (Å²) < 4.78 is 10.4. The van der Waals surface area contributed by atoms with E-state index in [4.69, 9.17) is 20.4 Å². The molecule has 0 unspecified atom stereocenters. The number of hydrogen-bond donors (Lipinski definition) is 2. The van der Waals surface area contributed by atoms with Gasteiger partial charge in [0, 0.05) is 20.0 Å². The molecule has 20 heavy (non-hydrogen) atoms. The fraction of sp³-hybridized carbons (Fsp3) is 0.385. The Hall–Kier alpha value is -2.44. The van der Waals surface area contributed by atoms with Gasteiger partial charge in [-0.15, -0.1) is 0 Å².